The second-order valence-electron chi connectivity index (χ2n) is 6.21. The minimum Gasteiger partial charge on any atom is -0.294 e. The van der Waals surface area contributed by atoms with Crippen molar-refractivity contribution in [1.29, 1.82) is 0 Å². The molecule has 0 fully saturated rings. The lowest BCUT2D eigenvalue weighted by molar-refractivity contribution is 0.626. The number of aliphatic imine (C=N–C) groups is 1. The van der Waals surface area contributed by atoms with E-state index in [0.717, 1.165) is 34.2 Å². The van der Waals surface area contributed by atoms with Crippen LogP contribution in [0.4, 0.5) is 4.39 Å². The van der Waals surface area contributed by atoms with Crippen LogP contribution in [0.3, 0.4) is 0 Å². The molecular formula is C21H21ClFN3OS. The van der Waals surface area contributed by atoms with Crippen molar-refractivity contribution >= 4 is 29.6 Å². The molecule has 3 aromatic rings. The van der Waals surface area contributed by atoms with Gasteiger partial charge in [-0.3, -0.25) is 14.9 Å². The Morgan fingerprint density at radius 2 is 1.89 bits per heavy atom. The van der Waals surface area contributed by atoms with Crippen LogP contribution in [-0.2, 0) is 6.42 Å². The summed E-state index contributed by atoms with van der Waals surface area (Å²) in [6, 6.07) is 13.5. The molecule has 0 saturated heterocycles. The van der Waals surface area contributed by atoms with E-state index in [2.05, 4.69) is 17.0 Å². The lowest BCUT2D eigenvalue weighted by Crippen LogP contribution is -2.17. The Hall–Kier alpha value is -2.31. The molecule has 4 nitrogen and oxygen atoms in total. The Morgan fingerprint density at radius 3 is 2.57 bits per heavy atom. The molecule has 3 rings (SSSR count). The van der Waals surface area contributed by atoms with Gasteiger partial charge in [0, 0.05) is 34.1 Å². The largest absolute Gasteiger partial charge is 0.294 e. The average Bonchev–Trinajstić information content (AvgIpc) is 3.00. The highest BCUT2D eigenvalue weighted by Gasteiger charge is 2.13. The van der Waals surface area contributed by atoms with E-state index in [9.17, 15) is 9.18 Å². The van der Waals surface area contributed by atoms with Gasteiger partial charge in [0.2, 0.25) is 0 Å². The van der Waals surface area contributed by atoms with Crippen molar-refractivity contribution < 1.29 is 4.39 Å². The summed E-state index contributed by atoms with van der Waals surface area (Å²) in [5.41, 5.74) is 1.82. The molecule has 28 heavy (non-hydrogen) atoms. The van der Waals surface area contributed by atoms with Crippen LogP contribution >= 0.6 is 23.4 Å². The molecule has 2 aromatic carbocycles. The first-order valence-corrected chi connectivity index (χ1v) is 10.4. The third-order valence-corrected chi connectivity index (χ3v) is 5.36. The fourth-order valence-electron chi connectivity index (χ4n) is 2.74. The highest BCUT2D eigenvalue weighted by atomic mass is 35.5. The van der Waals surface area contributed by atoms with Crippen molar-refractivity contribution in [3.05, 3.63) is 81.0 Å². The molecule has 0 aliphatic heterocycles. The maximum absolute atomic E-state index is 13.2. The molecule has 7 heteroatoms. The van der Waals surface area contributed by atoms with Crippen molar-refractivity contribution in [3.8, 4) is 5.69 Å². The minimum atomic E-state index is -0.336. The van der Waals surface area contributed by atoms with Gasteiger partial charge in [-0.1, -0.05) is 24.9 Å². The molecule has 0 unspecified atom stereocenters. The Morgan fingerprint density at radius 1 is 1.18 bits per heavy atom. The quantitative estimate of drug-likeness (QED) is 0.314. The zero-order valence-electron chi connectivity index (χ0n) is 15.5. The first kappa shape index (κ1) is 20.4. The Labute approximate surface area is 172 Å². The van der Waals surface area contributed by atoms with E-state index in [1.54, 1.807) is 30.1 Å². The Bertz CT molecular complexity index is 994. The highest BCUT2D eigenvalue weighted by molar-refractivity contribution is 7.99. The van der Waals surface area contributed by atoms with E-state index in [-0.39, 0.29) is 11.4 Å². The summed E-state index contributed by atoms with van der Waals surface area (Å²) in [7, 11) is 0. The van der Waals surface area contributed by atoms with E-state index in [1.165, 1.54) is 16.8 Å². The fraction of sp³-hybridized carbons (Fsp3) is 0.238. The Kier molecular flexibility index (Phi) is 7.12. The van der Waals surface area contributed by atoms with Crippen LogP contribution in [0.5, 0.6) is 0 Å². The summed E-state index contributed by atoms with van der Waals surface area (Å²) < 4.78 is 14.6. The minimum absolute atomic E-state index is 0.177. The zero-order valence-corrected chi connectivity index (χ0v) is 17.1. The smallest absolute Gasteiger partial charge is 0.280 e. The van der Waals surface area contributed by atoms with Gasteiger partial charge < -0.3 is 0 Å². The van der Waals surface area contributed by atoms with Crippen molar-refractivity contribution in [2.75, 3.05) is 12.3 Å². The van der Waals surface area contributed by atoms with Crippen LogP contribution < -0.4 is 5.56 Å². The topological polar surface area (TPSA) is 50.1 Å². The maximum atomic E-state index is 13.2. The number of nitrogens with one attached hydrogen (secondary N) is 1. The number of H-pyrrole nitrogens is 1. The molecule has 0 atom stereocenters. The molecule has 0 saturated carbocycles. The van der Waals surface area contributed by atoms with Gasteiger partial charge in [-0.25, -0.2) is 9.07 Å². The number of thioether (sulfide) groups is 1. The molecule has 1 heterocycles. The van der Waals surface area contributed by atoms with Gasteiger partial charge in [0.15, 0.2) is 0 Å². The first-order valence-electron chi connectivity index (χ1n) is 9.06. The van der Waals surface area contributed by atoms with Crippen LogP contribution in [0.2, 0.25) is 5.02 Å². The maximum Gasteiger partial charge on any atom is 0.280 e. The van der Waals surface area contributed by atoms with Crippen molar-refractivity contribution in [2.24, 2.45) is 4.99 Å². The number of rotatable bonds is 8. The van der Waals surface area contributed by atoms with Crippen molar-refractivity contribution in [3.63, 3.8) is 0 Å². The molecule has 0 amide bonds. The monoisotopic (exact) mass is 417 g/mol. The summed E-state index contributed by atoms with van der Waals surface area (Å²) in [5, 5.41) is 3.85. The fourth-order valence-corrected chi connectivity index (χ4v) is 3.63. The molecule has 146 valence electrons. The van der Waals surface area contributed by atoms with Crippen LogP contribution in [0.15, 0.2) is 63.2 Å². The van der Waals surface area contributed by atoms with E-state index in [0.29, 0.717) is 17.8 Å². The molecule has 1 aromatic heterocycles. The van der Waals surface area contributed by atoms with Crippen LogP contribution in [-0.4, -0.2) is 28.3 Å². The lowest BCUT2D eigenvalue weighted by atomic mass is 10.2. The third kappa shape index (κ3) is 5.14. The Balaban J connectivity index is 1.71. The predicted octanol–water partition coefficient (Wildman–Crippen LogP) is 5.12. The molecule has 1 N–H and O–H groups in total. The number of aromatic nitrogens is 2. The number of aryl methyl sites for hydroxylation is 1. The van der Waals surface area contributed by atoms with E-state index in [4.69, 9.17) is 11.6 Å². The van der Waals surface area contributed by atoms with Gasteiger partial charge in [-0.05, 0) is 55.0 Å². The van der Waals surface area contributed by atoms with Crippen LogP contribution in [0.25, 0.3) is 5.69 Å². The van der Waals surface area contributed by atoms with E-state index >= 15 is 0 Å². The van der Waals surface area contributed by atoms with Crippen molar-refractivity contribution in [2.45, 2.75) is 24.7 Å². The number of benzene rings is 2. The SMILES string of the molecule is CCCc1[nH]n(-c2ccc(F)cc2)c(=O)c1C=NCCSc1ccc(Cl)cc1. The summed E-state index contributed by atoms with van der Waals surface area (Å²) in [5.74, 6) is 0.467. The second-order valence-corrected chi connectivity index (χ2v) is 7.81. The molecular weight excluding hydrogens is 397 g/mol. The second kappa shape index (κ2) is 9.75. The highest BCUT2D eigenvalue weighted by Crippen LogP contribution is 2.20. The van der Waals surface area contributed by atoms with Crippen LogP contribution in [0.1, 0.15) is 24.6 Å². The number of aromatic amines is 1. The average molecular weight is 418 g/mol. The zero-order chi connectivity index (χ0) is 19.9. The molecule has 0 aliphatic rings. The normalized spacial score (nSPS) is 11.4. The third-order valence-electron chi connectivity index (χ3n) is 4.11. The molecule has 0 aliphatic carbocycles. The summed E-state index contributed by atoms with van der Waals surface area (Å²) >= 11 is 7.57. The molecule has 0 bridgehead atoms. The standard InChI is InChI=1S/C21H21ClFN3OS/c1-2-3-20-19(14-24-12-13-28-18-10-4-15(22)5-11-18)21(27)26(25-20)17-8-6-16(23)7-9-17/h4-11,14,25H,2-3,12-13H2,1H3. The van der Waals surface area contributed by atoms with Gasteiger partial charge in [0.05, 0.1) is 11.3 Å². The van der Waals surface area contributed by atoms with Crippen molar-refractivity contribution in [1.82, 2.24) is 9.78 Å². The number of halogens is 2. The first-order chi connectivity index (χ1) is 13.6. The number of nitrogens with zero attached hydrogens (tertiary/aromatic N) is 2. The van der Waals surface area contributed by atoms with Gasteiger partial charge in [-0.2, -0.15) is 0 Å². The summed E-state index contributed by atoms with van der Waals surface area (Å²) in [4.78, 5) is 18.4. The van der Waals surface area contributed by atoms with Gasteiger partial charge in [-0.15, -0.1) is 11.8 Å². The summed E-state index contributed by atoms with van der Waals surface area (Å²) in [6.07, 6.45) is 3.28. The van der Waals surface area contributed by atoms with Gasteiger partial charge in [0.25, 0.3) is 5.56 Å². The van der Waals surface area contributed by atoms with Gasteiger partial charge >= 0.3 is 0 Å². The van der Waals surface area contributed by atoms with Crippen LogP contribution in [0, 0.1) is 5.82 Å². The predicted molar refractivity (Wildman–Crippen MR) is 115 cm³/mol. The lowest BCUT2D eigenvalue weighted by Gasteiger charge is -2.01. The van der Waals surface area contributed by atoms with E-state index in [1.807, 2.05) is 24.3 Å². The molecule has 0 spiro atoms. The van der Waals surface area contributed by atoms with E-state index < -0.39 is 0 Å². The number of hydrogen-bond donors (Lipinski definition) is 1. The molecule has 0 radical (unpaired) electrons. The van der Waals surface area contributed by atoms with Gasteiger partial charge in [0.1, 0.15) is 5.82 Å². The number of hydrogen-bond acceptors (Lipinski definition) is 3. The summed E-state index contributed by atoms with van der Waals surface area (Å²) in [6.45, 7) is 2.65.